The lowest BCUT2D eigenvalue weighted by atomic mass is 9.99. The highest BCUT2D eigenvalue weighted by Crippen LogP contribution is 2.32. The molecule has 1 aromatic heterocycles. The monoisotopic (exact) mass is 287 g/mol. The summed E-state index contributed by atoms with van der Waals surface area (Å²) < 4.78 is 0. The number of halogens is 1. The highest BCUT2D eigenvalue weighted by Gasteiger charge is 2.26. The minimum atomic E-state index is 0.505. The Morgan fingerprint density at radius 1 is 1.10 bits per heavy atom. The van der Waals surface area contributed by atoms with E-state index in [1.165, 1.54) is 5.56 Å². The van der Waals surface area contributed by atoms with Crippen LogP contribution in [0.25, 0.3) is 0 Å². The van der Waals surface area contributed by atoms with Crippen LogP contribution in [0, 0.1) is 13.8 Å². The predicted octanol–water partition coefficient (Wildman–Crippen LogP) is 3.74. The van der Waals surface area contributed by atoms with Crippen molar-refractivity contribution in [2.24, 2.45) is 0 Å². The van der Waals surface area contributed by atoms with Crippen molar-refractivity contribution >= 4 is 17.4 Å². The van der Waals surface area contributed by atoms with E-state index in [0.29, 0.717) is 11.1 Å². The summed E-state index contributed by atoms with van der Waals surface area (Å²) >= 11 is 6.03. The van der Waals surface area contributed by atoms with Gasteiger partial charge in [0.15, 0.2) is 11.0 Å². The zero-order valence-corrected chi connectivity index (χ0v) is 12.6. The summed E-state index contributed by atoms with van der Waals surface area (Å²) in [6.45, 7) is 6.10. The van der Waals surface area contributed by atoms with E-state index >= 15 is 0 Å². The summed E-state index contributed by atoms with van der Waals surface area (Å²) in [6.07, 6.45) is 1.16. The zero-order chi connectivity index (χ0) is 14.1. The highest BCUT2D eigenvalue weighted by molar-refractivity contribution is 6.30. The molecule has 0 bridgehead atoms. The van der Waals surface area contributed by atoms with Crippen LogP contribution in [-0.4, -0.2) is 23.3 Å². The van der Waals surface area contributed by atoms with E-state index in [1.54, 1.807) is 0 Å². The Morgan fingerprint density at radius 3 is 2.60 bits per heavy atom. The van der Waals surface area contributed by atoms with Gasteiger partial charge >= 0.3 is 0 Å². The minimum absolute atomic E-state index is 0.505. The topological polar surface area (TPSA) is 29.0 Å². The van der Waals surface area contributed by atoms with Gasteiger partial charge in [0.1, 0.15) is 0 Å². The molecule has 0 spiro atoms. The molecule has 0 amide bonds. The SMILES string of the molecule is Cc1c(Cl)nnc(N2CCC(c3ccccc3)C2)c1C. The van der Waals surface area contributed by atoms with Gasteiger partial charge < -0.3 is 4.90 Å². The smallest absolute Gasteiger partial charge is 0.155 e. The second-order valence-corrected chi connectivity index (χ2v) is 5.76. The molecule has 1 aromatic carbocycles. The lowest BCUT2D eigenvalue weighted by Crippen LogP contribution is -2.22. The Hall–Kier alpha value is -1.61. The first-order chi connectivity index (χ1) is 9.66. The summed E-state index contributed by atoms with van der Waals surface area (Å²) in [5.41, 5.74) is 3.57. The molecule has 3 rings (SSSR count). The summed E-state index contributed by atoms with van der Waals surface area (Å²) in [7, 11) is 0. The van der Waals surface area contributed by atoms with Crippen molar-refractivity contribution in [3.63, 3.8) is 0 Å². The van der Waals surface area contributed by atoms with Gasteiger partial charge in [0, 0.05) is 19.0 Å². The molecule has 2 heterocycles. The van der Waals surface area contributed by atoms with Crippen molar-refractivity contribution in [3.05, 3.63) is 52.2 Å². The van der Waals surface area contributed by atoms with Crippen LogP contribution in [0.3, 0.4) is 0 Å². The number of hydrogen-bond donors (Lipinski definition) is 0. The van der Waals surface area contributed by atoms with Crippen LogP contribution in [0.15, 0.2) is 30.3 Å². The number of benzene rings is 1. The van der Waals surface area contributed by atoms with Gasteiger partial charge in [-0.25, -0.2) is 0 Å². The number of hydrogen-bond acceptors (Lipinski definition) is 3. The normalized spacial score (nSPS) is 18.6. The first-order valence-electron chi connectivity index (χ1n) is 6.96. The van der Waals surface area contributed by atoms with Gasteiger partial charge in [-0.1, -0.05) is 41.9 Å². The Bertz CT molecular complexity index is 613. The van der Waals surface area contributed by atoms with Crippen LogP contribution in [0.1, 0.15) is 29.0 Å². The Balaban J connectivity index is 1.83. The molecule has 104 valence electrons. The van der Waals surface area contributed by atoms with Crippen molar-refractivity contribution in [1.29, 1.82) is 0 Å². The summed E-state index contributed by atoms with van der Waals surface area (Å²) in [5, 5.41) is 8.85. The maximum Gasteiger partial charge on any atom is 0.155 e. The van der Waals surface area contributed by atoms with E-state index in [-0.39, 0.29) is 0 Å². The van der Waals surface area contributed by atoms with Gasteiger partial charge in [-0.15, -0.1) is 10.2 Å². The van der Waals surface area contributed by atoms with Gasteiger partial charge in [-0.3, -0.25) is 0 Å². The molecule has 0 aliphatic carbocycles. The quantitative estimate of drug-likeness (QED) is 0.842. The third-order valence-corrected chi connectivity index (χ3v) is 4.56. The Labute approximate surface area is 124 Å². The molecular weight excluding hydrogens is 270 g/mol. The lowest BCUT2D eigenvalue weighted by Gasteiger charge is -2.20. The van der Waals surface area contributed by atoms with Crippen molar-refractivity contribution in [2.45, 2.75) is 26.2 Å². The van der Waals surface area contributed by atoms with Crippen molar-refractivity contribution < 1.29 is 0 Å². The largest absolute Gasteiger partial charge is 0.354 e. The van der Waals surface area contributed by atoms with Gasteiger partial charge in [-0.2, -0.15) is 0 Å². The van der Waals surface area contributed by atoms with Gasteiger partial charge in [-0.05, 0) is 37.0 Å². The third-order valence-electron chi connectivity index (χ3n) is 4.20. The molecule has 0 saturated carbocycles. The molecule has 2 aromatic rings. The van der Waals surface area contributed by atoms with Crippen LogP contribution in [0.4, 0.5) is 5.82 Å². The first kappa shape index (κ1) is 13.4. The molecule has 0 radical (unpaired) electrons. The fourth-order valence-electron chi connectivity index (χ4n) is 2.81. The predicted molar refractivity (Wildman–Crippen MR) is 82.5 cm³/mol. The molecule has 1 aliphatic rings. The molecule has 3 nitrogen and oxygen atoms in total. The van der Waals surface area contributed by atoms with E-state index < -0.39 is 0 Å². The Kier molecular flexibility index (Phi) is 3.62. The molecule has 1 unspecified atom stereocenters. The average molecular weight is 288 g/mol. The van der Waals surface area contributed by atoms with E-state index in [1.807, 2.05) is 6.92 Å². The fraction of sp³-hybridized carbons (Fsp3) is 0.375. The molecule has 1 fully saturated rings. The molecular formula is C16H18ClN3. The summed E-state index contributed by atoms with van der Waals surface area (Å²) in [6, 6.07) is 10.7. The van der Waals surface area contributed by atoms with Gasteiger partial charge in [0.05, 0.1) is 0 Å². The maximum atomic E-state index is 6.03. The maximum absolute atomic E-state index is 6.03. The van der Waals surface area contributed by atoms with Gasteiger partial charge in [0.25, 0.3) is 0 Å². The fourth-order valence-corrected chi connectivity index (χ4v) is 2.99. The second-order valence-electron chi connectivity index (χ2n) is 5.41. The van der Waals surface area contributed by atoms with E-state index in [4.69, 9.17) is 11.6 Å². The summed E-state index contributed by atoms with van der Waals surface area (Å²) in [5.74, 6) is 1.55. The average Bonchev–Trinajstić information content (AvgIpc) is 2.95. The van der Waals surface area contributed by atoms with Crippen LogP contribution >= 0.6 is 11.6 Å². The molecule has 1 atom stereocenters. The number of rotatable bonds is 2. The lowest BCUT2D eigenvalue weighted by molar-refractivity contribution is 0.772. The second kappa shape index (κ2) is 5.41. The zero-order valence-electron chi connectivity index (χ0n) is 11.8. The van der Waals surface area contributed by atoms with Crippen LogP contribution in [0.2, 0.25) is 5.15 Å². The number of anilines is 1. The van der Waals surface area contributed by atoms with Crippen molar-refractivity contribution in [1.82, 2.24) is 10.2 Å². The van der Waals surface area contributed by atoms with Crippen molar-refractivity contribution in [2.75, 3.05) is 18.0 Å². The standard InChI is InChI=1S/C16H18ClN3/c1-11-12(2)16(19-18-15(11)17)20-9-8-14(10-20)13-6-4-3-5-7-13/h3-7,14H,8-10H2,1-2H3. The highest BCUT2D eigenvalue weighted by atomic mass is 35.5. The van der Waals surface area contributed by atoms with E-state index in [9.17, 15) is 0 Å². The molecule has 1 aliphatic heterocycles. The molecule has 4 heteroatoms. The van der Waals surface area contributed by atoms with E-state index in [2.05, 4.69) is 52.4 Å². The van der Waals surface area contributed by atoms with Crippen molar-refractivity contribution in [3.8, 4) is 0 Å². The van der Waals surface area contributed by atoms with Crippen LogP contribution in [-0.2, 0) is 0 Å². The molecule has 20 heavy (non-hydrogen) atoms. The van der Waals surface area contributed by atoms with Gasteiger partial charge in [0.2, 0.25) is 0 Å². The minimum Gasteiger partial charge on any atom is -0.354 e. The Morgan fingerprint density at radius 2 is 1.85 bits per heavy atom. The number of aromatic nitrogens is 2. The molecule has 0 N–H and O–H groups in total. The van der Waals surface area contributed by atoms with Crippen LogP contribution in [0.5, 0.6) is 0 Å². The first-order valence-corrected chi connectivity index (χ1v) is 7.34. The number of nitrogens with zero attached hydrogens (tertiary/aromatic N) is 3. The summed E-state index contributed by atoms with van der Waals surface area (Å²) in [4.78, 5) is 2.32. The molecule has 1 saturated heterocycles. The van der Waals surface area contributed by atoms with Crippen LogP contribution < -0.4 is 4.90 Å². The third kappa shape index (κ3) is 2.38. The van der Waals surface area contributed by atoms with E-state index in [0.717, 1.165) is 36.5 Å².